The Hall–Kier alpha value is -2.93. The van der Waals surface area contributed by atoms with Crippen LogP contribution >= 0.6 is 11.6 Å². The molecule has 1 aliphatic heterocycles. The Morgan fingerprint density at radius 2 is 1.86 bits per heavy atom. The van der Waals surface area contributed by atoms with Crippen LogP contribution in [0.5, 0.6) is 17.2 Å². The summed E-state index contributed by atoms with van der Waals surface area (Å²) in [7, 11) is 3.09. The summed E-state index contributed by atoms with van der Waals surface area (Å²) in [6.07, 6.45) is 0.143. The van der Waals surface area contributed by atoms with Gasteiger partial charge in [0, 0.05) is 24.1 Å². The van der Waals surface area contributed by atoms with Gasteiger partial charge in [0.15, 0.2) is 0 Å². The van der Waals surface area contributed by atoms with Gasteiger partial charge >= 0.3 is 0 Å². The van der Waals surface area contributed by atoms with Gasteiger partial charge in [-0.15, -0.1) is 0 Å². The van der Waals surface area contributed by atoms with Gasteiger partial charge in [-0.25, -0.2) is 0 Å². The Morgan fingerprint density at radius 1 is 1.14 bits per heavy atom. The minimum Gasteiger partial charge on any atom is -0.497 e. The van der Waals surface area contributed by atoms with E-state index in [-0.39, 0.29) is 24.8 Å². The Labute approximate surface area is 174 Å². The second-order valence-corrected chi connectivity index (χ2v) is 6.97. The van der Waals surface area contributed by atoms with Crippen molar-refractivity contribution < 1.29 is 23.8 Å². The molecular weight excluding hydrogens is 396 g/mol. The second kappa shape index (κ2) is 9.52. The van der Waals surface area contributed by atoms with E-state index in [4.69, 9.17) is 25.8 Å². The minimum atomic E-state index is -0.436. The number of hydrogen-bond acceptors (Lipinski definition) is 5. The van der Waals surface area contributed by atoms with Crippen LogP contribution in [0.25, 0.3) is 0 Å². The second-order valence-electron chi connectivity index (χ2n) is 6.54. The van der Waals surface area contributed by atoms with Crippen LogP contribution in [-0.2, 0) is 9.59 Å². The molecule has 1 unspecified atom stereocenters. The normalized spacial score (nSPS) is 15.9. The smallest absolute Gasteiger partial charge is 0.227 e. The van der Waals surface area contributed by atoms with Crippen LogP contribution in [0.3, 0.4) is 0 Å². The molecule has 154 valence electrons. The standard InChI is InChI=1S/C21H23ClN2O5/c1-27-17-7-8-19(28-2)18(12-17)24-13-14(11-20(24)25)21(26)23-9-10-29-16-5-3-15(22)4-6-16/h3-8,12,14H,9-11,13H2,1-2H3,(H,23,26). The van der Waals surface area contributed by atoms with Crippen LogP contribution in [-0.4, -0.2) is 45.7 Å². The molecule has 1 aliphatic rings. The van der Waals surface area contributed by atoms with Gasteiger partial charge in [0.1, 0.15) is 23.9 Å². The van der Waals surface area contributed by atoms with E-state index in [0.717, 1.165) is 0 Å². The third kappa shape index (κ3) is 5.12. The van der Waals surface area contributed by atoms with Crippen LogP contribution in [0, 0.1) is 5.92 Å². The quantitative estimate of drug-likeness (QED) is 0.667. The molecule has 0 radical (unpaired) electrons. The monoisotopic (exact) mass is 418 g/mol. The summed E-state index contributed by atoms with van der Waals surface area (Å²) in [5, 5.41) is 3.46. The Balaban J connectivity index is 1.54. The van der Waals surface area contributed by atoms with E-state index in [1.807, 2.05) is 0 Å². The van der Waals surface area contributed by atoms with Gasteiger partial charge < -0.3 is 24.4 Å². The first kappa shape index (κ1) is 20.8. The molecule has 0 bridgehead atoms. The fourth-order valence-electron chi connectivity index (χ4n) is 3.14. The van der Waals surface area contributed by atoms with Crippen molar-refractivity contribution in [3.05, 3.63) is 47.5 Å². The molecule has 0 aliphatic carbocycles. The van der Waals surface area contributed by atoms with Crippen molar-refractivity contribution in [1.82, 2.24) is 5.32 Å². The topological polar surface area (TPSA) is 77.1 Å². The first-order valence-electron chi connectivity index (χ1n) is 9.20. The van der Waals surface area contributed by atoms with E-state index in [9.17, 15) is 9.59 Å². The summed E-state index contributed by atoms with van der Waals surface area (Å²) in [4.78, 5) is 26.6. The average molecular weight is 419 g/mol. The lowest BCUT2D eigenvalue weighted by atomic mass is 10.1. The summed E-state index contributed by atoms with van der Waals surface area (Å²) >= 11 is 5.83. The summed E-state index contributed by atoms with van der Waals surface area (Å²) in [5.74, 6) is 1.10. The average Bonchev–Trinajstić information content (AvgIpc) is 3.13. The van der Waals surface area contributed by atoms with E-state index in [2.05, 4.69) is 5.32 Å². The Bertz CT molecular complexity index is 872. The molecule has 3 rings (SSSR count). The third-order valence-electron chi connectivity index (χ3n) is 4.66. The predicted octanol–water partition coefficient (Wildman–Crippen LogP) is 2.91. The number of anilines is 1. The number of methoxy groups -OCH3 is 2. The van der Waals surface area contributed by atoms with Gasteiger partial charge in [0.05, 0.1) is 32.4 Å². The van der Waals surface area contributed by atoms with Crippen molar-refractivity contribution in [1.29, 1.82) is 0 Å². The fourth-order valence-corrected chi connectivity index (χ4v) is 3.27. The van der Waals surface area contributed by atoms with Gasteiger partial charge in [-0.2, -0.15) is 0 Å². The number of hydrogen-bond donors (Lipinski definition) is 1. The molecule has 2 amide bonds. The Kier molecular flexibility index (Phi) is 6.82. The molecule has 7 nitrogen and oxygen atoms in total. The van der Waals surface area contributed by atoms with Crippen LogP contribution in [0.4, 0.5) is 5.69 Å². The molecule has 1 heterocycles. The molecule has 8 heteroatoms. The third-order valence-corrected chi connectivity index (χ3v) is 4.91. The molecule has 0 spiro atoms. The molecule has 0 aromatic heterocycles. The lowest BCUT2D eigenvalue weighted by Gasteiger charge is -2.20. The summed E-state index contributed by atoms with van der Waals surface area (Å²) in [5.41, 5.74) is 0.596. The highest BCUT2D eigenvalue weighted by molar-refractivity contribution is 6.30. The molecule has 0 saturated carbocycles. The number of rotatable bonds is 8. The van der Waals surface area contributed by atoms with Crippen molar-refractivity contribution in [2.45, 2.75) is 6.42 Å². The highest BCUT2D eigenvalue weighted by Crippen LogP contribution is 2.36. The molecule has 1 fully saturated rings. The van der Waals surface area contributed by atoms with Crippen LogP contribution in [0.15, 0.2) is 42.5 Å². The molecule has 2 aromatic carbocycles. The van der Waals surface area contributed by atoms with Crippen LogP contribution in [0.1, 0.15) is 6.42 Å². The predicted molar refractivity (Wildman–Crippen MR) is 110 cm³/mol. The highest BCUT2D eigenvalue weighted by Gasteiger charge is 2.36. The lowest BCUT2D eigenvalue weighted by Crippen LogP contribution is -2.35. The zero-order chi connectivity index (χ0) is 20.8. The molecule has 29 heavy (non-hydrogen) atoms. The molecule has 1 atom stereocenters. The number of amides is 2. The maximum Gasteiger partial charge on any atom is 0.227 e. The molecule has 2 aromatic rings. The van der Waals surface area contributed by atoms with E-state index >= 15 is 0 Å². The van der Waals surface area contributed by atoms with E-state index in [1.165, 1.54) is 7.11 Å². The summed E-state index contributed by atoms with van der Waals surface area (Å²) < 4.78 is 16.2. The first-order valence-corrected chi connectivity index (χ1v) is 9.58. The van der Waals surface area contributed by atoms with Gasteiger partial charge in [0.2, 0.25) is 11.8 Å². The molecular formula is C21H23ClN2O5. The number of nitrogens with one attached hydrogen (secondary N) is 1. The largest absolute Gasteiger partial charge is 0.497 e. The Morgan fingerprint density at radius 3 is 2.55 bits per heavy atom. The maximum absolute atomic E-state index is 12.5. The van der Waals surface area contributed by atoms with Crippen LogP contribution < -0.4 is 24.4 Å². The molecule has 1 saturated heterocycles. The van der Waals surface area contributed by atoms with E-state index in [1.54, 1.807) is 54.5 Å². The van der Waals surface area contributed by atoms with Gasteiger partial charge in [0.25, 0.3) is 0 Å². The maximum atomic E-state index is 12.5. The lowest BCUT2D eigenvalue weighted by molar-refractivity contribution is -0.126. The number of nitrogens with zero attached hydrogens (tertiary/aromatic N) is 1. The van der Waals surface area contributed by atoms with Gasteiger partial charge in [-0.1, -0.05) is 11.6 Å². The summed E-state index contributed by atoms with van der Waals surface area (Å²) in [6, 6.07) is 12.2. The first-order chi connectivity index (χ1) is 14.0. The van der Waals surface area contributed by atoms with E-state index < -0.39 is 5.92 Å². The van der Waals surface area contributed by atoms with Crippen molar-refractivity contribution in [3.63, 3.8) is 0 Å². The zero-order valence-corrected chi connectivity index (χ0v) is 17.1. The minimum absolute atomic E-state index is 0.130. The molecule has 1 N–H and O–H groups in total. The van der Waals surface area contributed by atoms with Gasteiger partial charge in [-0.3, -0.25) is 9.59 Å². The fraction of sp³-hybridized carbons (Fsp3) is 0.333. The van der Waals surface area contributed by atoms with Gasteiger partial charge in [-0.05, 0) is 36.4 Å². The zero-order valence-electron chi connectivity index (χ0n) is 16.3. The SMILES string of the molecule is COc1ccc(OC)c(N2CC(C(=O)NCCOc3ccc(Cl)cc3)CC2=O)c1. The number of ether oxygens (including phenoxy) is 3. The van der Waals surface area contributed by atoms with Crippen molar-refractivity contribution in [2.75, 3.05) is 38.8 Å². The highest BCUT2D eigenvalue weighted by atomic mass is 35.5. The number of benzene rings is 2. The van der Waals surface area contributed by atoms with Crippen LogP contribution in [0.2, 0.25) is 5.02 Å². The summed E-state index contributed by atoms with van der Waals surface area (Å²) in [6.45, 7) is 0.947. The van der Waals surface area contributed by atoms with Crippen molar-refractivity contribution >= 4 is 29.1 Å². The number of halogens is 1. The number of carbonyl (C=O) groups is 2. The van der Waals surface area contributed by atoms with Crippen molar-refractivity contribution in [3.8, 4) is 17.2 Å². The van der Waals surface area contributed by atoms with Crippen molar-refractivity contribution in [2.24, 2.45) is 5.92 Å². The van der Waals surface area contributed by atoms with E-state index in [0.29, 0.717) is 41.1 Å². The number of carbonyl (C=O) groups excluding carboxylic acids is 2.